The fourth-order valence-electron chi connectivity index (χ4n) is 1.70. The number of fused-ring (bicyclic) bond motifs is 1. The minimum absolute atomic E-state index is 0.0962. The Morgan fingerprint density at radius 2 is 2.06 bits per heavy atom. The van der Waals surface area contributed by atoms with E-state index in [0.29, 0.717) is 5.69 Å². The number of hydrogen-bond donors (Lipinski definition) is 1. The zero-order valence-electron chi connectivity index (χ0n) is 10.4. The van der Waals surface area contributed by atoms with Gasteiger partial charge in [0.2, 0.25) is 0 Å². The summed E-state index contributed by atoms with van der Waals surface area (Å²) in [4.78, 5) is 4.48. The molecule has 0 aliphatic carbocycles. The monoisotopic (exact) mass is 309 g/mol. The lowest BCUT2D eigenvalue weighted by Crippen LogP contribution is -2.13. The third-order valence-electron chi connectivity index (χ3n) is 2.61. The Hall–Kier alpha value is -0.970. The summed E-state index contributed by atoms with van der Waals surface area (Å²) in [6.07, 6.45) is -0.620. The van der Waals surface area contributed by atoms with E-state index < -0.39 is 6.10 Å². The molecule has 1 unspecified atom stereocenters. The number of para-hydroxylation sites is 1. The highest BCUT2D eigenvalue weighted by atomic mass is 79.9. The number of ether oxygens (including phenoxy) is 1. The van der Waals surface area contributed by atoms with E-state index in [9.17, 15) is 5.11 Å². The topological polar surface area (TPSA) is 42.4 Å². The van der Waals surface area contributed by atoms with Gasteiger partial charge in [0.05, 0.1) is 23.9 Å². The molecule has 0 aliphatic heterocycles. The lowest BCUT2D eigenvalue weighted by Gasteiger charge is -2.15. The molecule has 0 saturated heterocycles. The second-order valence-electron chi connectivity index (χ2n) is 4.45. The van der Waals surface area contributed by atoms with Crippen LogP contribution in [0.2, 0.25) is 0 Å². The Morgan fingerprint density at radius 3 is 2.78 bits per heavy atom. The van der Waals surface area contributed by atoms with Gasteiger partial charge in [-0.1, -0.05) is 18.2 Å². The summed E-state index contributed by atoms with van der Waals surface area (Å²) in [6.45, 7) is 4.13. The van der Waals surface area contributed by atoms with Crippen molar-refractivity contribution < 1.29 is 9.84 Å². The first-order valence-corrected chi connectivity index (χ1v) is 6.72. The van der Waals surface area contributed by atoms with Crippen LogP contribution in [-0.2, 0) is 4.74 Å². The van der Waals surface area contributed by atoms with E-state index in [4.69, 9.17) is 4.74 Å². The van der Waals surface area contributed by atoms with Crippen molar-refractivity contribution in [3.63, 3.8) is 0 Å². The molecule has 0 fully saturated rings. The van der Waals surface area contributed by atoms with E-state index in [1.165, 1.54) is 0 Å². The molecule has 1 aromatic carbocycles. The standard InChI is InChI=1S/C14H16BrNO2/c1-9(2)18-8-13(17)14-11(15)7-10-5-3-4-6-12(10)16-14/h3-7,9,13,17H,8H2,1-2H3. The van der Waals surface area contributed by atoms with E-state index >= 15 is 0 Å². The average Bonchev–Trinajstić information content (AvgIpc) is 2.35. The first-order chi connectivity index (χ1) is 8.58. The van der Waals surface area contributed by atoms with Gasteiger partial charge in [-0.15, -0.1) is 0 Å². The molecule has 1 heterocycles. The number of nitrogens with zero attached hydrogens (tertiary/aromatic N) is 1. The van der Waals surface area contributed by atoms with E-state index in [-0.39, 0.29) is 12.7 Å². The van der Waals surface area contributed by atoms with Crippen LogP contribution in [0.3, 0.4) is 0 Å². The van der Waals surface area contributed by atoms with Crippen molar-refractivity contribution in [1.82, 2.24) is 4.98 Å². The quantitative estimate of drug-likeness (QED) is 0.940. The lowest BCUT2D eigenvalue weighted by atomic mass is 10.1. The van der Waals surface area contributed by atoms with Crippen molar-refractivity contribution in [2.75, 3.05) is 6.61 Å². The van der Waals surface area contributed by atoms with Crippen molar-refractivity contribution in [1.29, 1.82) is 0 Å². The second kappa shape index (κ2) is 5.78. The first-order valence-electron chi connectivity index (χ1n) is 5.93. The van der Waals surface area contributed by atoms with Gasteiger partial charge >= 0.3 is 0 Å². The Bertz CT molecular complexity index is 542. The predicted molar refractivity (Wildman–Crippen MR) is 75.5 cm³/mol. The van der Waals surface area contributed by atoms with E-state index in [2.05, 4.69) is 20.9 Å². The number of hydrogen-bond acceptors (Lipinski definition) is 3. The maximum Gasteiger partial charge on any atom is 0.120 e. The van der Waals surface area contributed by atoms with Crippen LogP contribution >= 0.6 is 15.9 Å². The van der Waals surface area contributed by atoms with Crippen LogP contribution in [0.25, 0.3) is 10.9 Å². The van der Waals surface area contributed by atoms with Crippen molar-refractivity contribution in [2.24, 2.45) is 0 Å². The van der Waals surface area contributed by atoms with Gasteiger partial charge in [0, 0.05) is 9.86 Å². The molecule has 2 aromatic rings. The summed E-state index contributed by atoms with van der Waals surface area (Å²) in [5.41, 5.74) is 1.49. The molecule has 18 heavy (non-hydrogen) atoms. The maximum absolute atomic E-state index is 10.1. The van der Waals surface area contributed by atoms with Crippen LogP contribution in [0.15, 0.2) is 34.8 Å². The Labute approximate surface area is 115 Å². The number of aliphatic hydroxyl groups excluding tert-OH is 1. The number of aromatic nitrogens is 1. The van der Waals surface area contributed by atoms with E-state index in [1.807, 2.05) is 44.2 Å². The summed E-state index contributed by atoms with van der Waals surface area (Å²) in [7, 11) is 0. The zero-order chi connectivity index (χ0) is 13.1. The number of aliphatic hydroxyl groups is 1. The molecule has 2 rings (SSSR count). The maximum atomic E-state index is 10.1. The van der Waals surface area contributed by atoms with E-state index in [0.717, 1.165) is 15.4 Å². The lowest BCUT2D eigenvalue weighted by molar-refractivity contribution is 0.00310. The Kier molecular flexibility index (Phi) is 4.32. The highest BCUT2D eigenvalue weighted by Crippen LogP contribution is 2.26. The third-order valence-corrected chi connectivity index (χ3v) is 3.24. The number of pyridine rings is 1. The van der Waals surface area contributed by atoms with Gasteiger partial charge in [-0.2, -0.15) is 0 Å². The molecular formula is C14H16BrNO2. The highest BCUT2D eigenvalue weighted by molar-refractivity contribution is 9.10. The van der Waals surface area contributed by atoms with Crippen molar-refractivity contribution in [3.05, 3.63) is 40.5 Å². The molecule has 96 valence electrons. The van der Waals surface area contributed by atoms with E-state index in [1.54, 1.807) is 0 Å². The molecule has 1 aromatic heterocycles. The van der Waals surface area contributed by atoms with Gasteiger partial charge in [-0.3, -0.25) is 0 Å². The van der Waals surface area contributed by atoms with Crippen LogP contribution < -0.4 is 0 Å². The molecule has 1 N–H and O–H groups in total. The van der Waals surface area contributed by atoms with Gasteiger partial charge in [-0.05, 0) is 41.9 Å². The van der Waals surface area contributed by atoms with Gasteiger partial charge in [-0.25, -0.2) is 4.98 Å². The predicted octanol–water partition coefficient (Wildman–Crippen LogP) is 3.46. The summed E-state index contributed by atoms with van der Waals surface area (Å²) in [6, 6.07) is 9.80. The number of halogens is 1. The molecule has 0 aliphatic rings. The van der Waals surface area contributed by atoms with Gasteiger partial charge in [0.25, 0.3) is 0 Å². The highest BCUT2D eigenvalue weighted by Gasteiger charge is 2.15. The third kappa shape index (κ3) is 3.07. The molecular weight excluding hydrogens is 294 g/mol. The van der Waals surface area contributed by atoms with Crippen LogP contribution in [0.4, 0.5) is 0 Å². The zero-order valence-corrected chi connectivity index (χ0v) is 12.0. The van der Waals surface area contributed by atoms with Gasteiger partial charge in [0.1, 0.15) is 6.10 Å². The summed E-state index contributed by atoms with van der Waals surface area (Å²) in [5, 5.41) is 11.1. The van der Waals surface area contributed by atoms with Crippen LogP contribution in [0.1, 0.15) is 25.6 Å². The number of rotatable bonds is 4. The summed E-state index contributed by atoms with van der Waals surface area (Å²) in [5.74, 6) is 0. The molecule has 0 bridgehead atoms. The van der Waals surface area contributed by atoms with Crippen molar-refractivity contribution in [3.8, 4) is 0 Å². The normalized spacial score (nSPS) is 13.2. The van der Waals surface area contributed by atoms with Crippen LogP contribution in [0.5, 0.6) is 0 Å². The minimum atomic E-state index is -0.716. The molecule has 0 spiro atoms. The van der Waals surface area contributed by atoms with Gasteiger partial charge < -0.3 is 9.84 Å². The summed E-state index contributed by atoms with van der Waals surface area (Å²) < 4.78 is 6.22. The number of benzene rings is 1. The smallest absolute Gasteiger partial charge is 0.120 e. The summed E-state index contributed by atoms with van der Waals surface area (Å²) >= 11 is 3.45. The average molecular weight is 310 g/mol. The van der Waals surface area contributed by atoms with Gasteiger partial charge in [0.15, 0.2) is 0 Å². The molecule has 1 atom stereocenters. The first kappa shape index (κ1) is 13.5. The second-order valence-corrected chi connectivity index (χ2v) is 5.30. The minimum Gasteiger partial charge on any atom is -0.384 e. The fraction of sp³-hybridized carbons (Fsp3) is 0.357. The fourth-order valence-corrected chi connectivity index (χ4v) is 2.30. The largest absolute Gasteiger partial charge is 0.384 e. The molecule has 3 nitrogen and oxygen atoms in total. The Morgan fingerprint density at radius 1 is 1.33 bits per heavy atom. The molecule has 0 saturated carbocycles. The Balaban J connectivity index is 2.29. The SMILES string of the molecule is CC(C)OCC(O)c1nc2ccccc2cc1Br. The molecule has 0 amide bonds. The van der Waals surface area contributed by atoms with Crippen LogP contribution in [0, 0.1) is 0 Å². The molecule has 0 radical (unpaired) electrons. The molecule has 4 heteroatoms. The van der Waals surface area contributed by atoms with Crippen LogP contribution in [-0.4, -0.2) is 22.8 Å². The van der Waals surface area contributed by atoms with Crippen molar-refractivity contribution in [2.45, 2.75) is 26.1 Å². The van der Waals surface area contributed by atoms with Crippen molar-refractivity contribution >= 4 is 26.8 Å².